The Bertz CT molecular complexity index is 1630. The fourth-order valence-corrected chi connectivity index (χ4v) is 13.9. The van der Waals surface area contributed by atoms with E-state index in [0.717, 1.165) is 27.8 Å². The Morgan fingerprint density at radius 1 is 0.979 bits per heavy atom. The Morgan fingerprint density at radius 2 is 1.62 bits per heavy atom. The van der Waals surface area contributed by atoms with E-state index in [0.29, 0.717) is 53.9 Å². The van der Waals surface area contributed by atoms with E-state index in [1.807, 2.05) is 20.8 Å². The van der Waals surface area contributed by atoms with Crippen molar-refractivity contribution in [2.24, 2.45) is 0 Å². The molecular weight excluding hydrogens is 625 g/mol. The lowest BCUT2D eigenvalue weighted by Crippen LogP contribution is -2.51. The number of aryl methyl sites for hydroxylation is 1. The van der Waals surface area contributed by atoms with Crippen LogP contribution in [0.25, 0.3) is 11.1 Å². The van der Waals surface area contributed by atoms with Crippen molar-refractivity contribution in [3.63, 3.8) is 0 Å². The van der Waals surface area contributed by atoms with Crippen molar-refractivity contribution in [3.8, 4) is 11.1 Å². The summed E-state index contributed by atoms with van der Waals surface area (Å²) in [4.78, 5) is 15.0. The summed E-state index contributed by atoms with van der Waals surface area (Å²) in [7, 11) is -2.07. The Hall–Kier alpha value is -3.07. The van der Waals surface area contributed by atoms with Crippen LogP contribution in [-0.2, 0) is 32.7 Å². The molecule has 1 spiro atoms. The van der Waals surface area contributed by atoms with E-state index in [4.69, 9.17) is 13.9 Å². The van der Waals surface area contributed by atoms with E-state index >= 15 is 0 Å². The summed E-state index contributed by atoms with van der Waals surface area (Å²) in [5.41, 5.74) is 6.62. The van der Waals surface area contributed by atoms with Gasteiger partial charge in [-0.1, -0.05) is 84.0 Å². The maximum Gasteiger partial charge on any atom is 0.410 e. The summed E-state index contributed by atoms with van der Waals surface area (Å²) in [6.07, 6.45) is 0.0432. The highest BCUT2D eigenvalue weighted by Crippen LogP contribution is 2.53. The largest absolute Gasteiger partial charge is 0.444 e. The monoisotopic (exact) mass is 677 g/mol. The standard InChI is InChI=1S/C40H53F2NO4Si/c1-25(2)48(26(3)4,27(5)6)46-24-30-13-11-12-14-33(30)29-15-16-32(28(7)19-29)35-22-43(38(44)47-39(8,9)10)18-17-40(35)34-21-37(42)36(41)20-31(34)23-45-40/h11-16,19-21,25-27,35H,17-18,22-24H2,1-10H3/t35-,40+/m1/s1. The number of hydrogen-bond acceptors (Lipinski definition) is 4. The second-order valence-electron chi connectivity index (χ2n) is 15.7. The van der Waals surface area contributed by atoms with Gasteiger partial charge in [-0.05, 0) is 102 Å². The molecule has 2 aliphatic rings. The lowest BCUT2D eigenvalue weighted by Gasteiger charge is -2.46. The summed E-state index contributed by atoms with van der Waals surface area (Å²) in [5, 5.41) is 0. The number of nitrogens with zero attached hydrogens (tertiary/aromatic N) is 1. The molecule has 5 nitrogen and oxygen atoms in total. The normalized spacial score (nSPS) is 19.9. The van der Waals surface area contributed by atoms with Gasteiger partial charge in [-0.2, -0.15) is 0 Å². The summed E-state index contributed by atoms with van der Waals surface area (Å²) < 4.78 is 48.4. The van der Waals surface area contributed by atoms with Crippen LogP contribution in [-0.4, -0.2) is 38.0 Å². The van der Waals surface area contributed by atoms with Crippen molar-refractivity contribution in [1.29, 1.82) is 0 Å². The fourth-order valence-electron chi connectivity index (χ4n) is 8.52. The molecule has 1 amide bonds. The summed E-state index contributed by atoms with van der Waals surface area (Å²) in [5.74, 6) is -2.10. The van der Waals surface area contributed by atoms with Gasteiger partial charge in [0.2, 0.25) is 8.32 Å². The van der Waals surface area contributed by atoms with Crippen LogP contribution >= 0.6 is 0 Å². The Morgan fingerprint density at radius 3 is 2.25 bits per heavy atom. The van der Waals surface area contributed by atoms with Crippen LogP contribution < -0.4 is 0 Å². The van der Waals surface area contributed by atoms with Gasteiger partial charge in [-0.25, -0.2) is 13.6 Å². The molecule has 0 saturated carbocycles. The second-order valence-corrected chi connectivity index (χ2v) is 21.1. The minimum absolute atomic E-state index is 0.188. The van der Waals surface area contributed by atoms with Crippen molar-refractivity contribution >= 4 is 14.4 Å². The van der Waals surface area contributed by atoms with Gasteiger partial charge in [0.15, 0.2) is 11.6 Å². The van der Waals surface area contributed by atoms with Gasteiger partial charge in [0.1, 0.15) is 11.2 Å². The number of likely N-dealkylation sites (tertiary alicyclic amines) is 1. The molecular formula is C40H53F2NO4Si. The maximum absolute atomic E-state index is 14.7. The maximum atomic E-state index is 14.7. The average Bonchev–Trinajstić information content (AvgIpc) is 3.33. The van der Waals surface area contributed by atoms with E-state index in [2.05, 4.69) is 90.9 Å². The van der Waals surface area contributed by atoms with Crippen LogP contribution in [0.3, 0.4) is 0 Å². The van der Waals surface area contributed by atoms with Crippen molar-refractivity contribution in [1.82, 2.24) is 4.90 Å². The first-order valence-electron chi connectivity index (χ1n) is 17.4. The number of amides is 1. The first-order valence-corrected chi connectivity index (χ1v) is 19.6. The van der Waals surface area contributed by atoms with Crippen LogP contribution in [0.2, 0.25) is 16.6 Å². The van der Waals surface area contributed by atoms with Crippen LogP contribution in [0.15, 0.2) is 54.6 Å². The lowest BCUT2D eigenvalue weighted by atomic mass is 9.71. The third kappa shape index (κ3) is 6.73. The number of piperidine rings is 1. The quantitative estimate of drug-likeness (QED) is 0.223. The van der Waals surface area contributed by atoms with E-state index in [1.165, 1.54) is 12.1 Å². The second kappa shape index (κ2) is 13.7. The van der Waals surface area contributed by atoms with Gasteiger partial charge in [0.25, 0.3) is 0 Å². The number of fused-ring (bicyclic) bond motifs is 2. The Kier molecular flexibility index (Phi) is 10.3. The molecule has 2 aliphatic heterocycles. The van der Waals surface area contributed by atoms with Gasteiger partial charge in [-0.15, -0.1) is 0 Å². The highest BCUT2D eigenvalue weighted by atomic mass is 28.4. The molecule has 0 aromatic heterocycles. The number of carbonyl (C=O) groups is 1. The molecule has 5 rings (SSSR count). The zero-order valence-corrected chi connectivity index (χ0v) is 31.4. The van der Waals surface area contributed by atoms with Crippen molar-refractivity contribution in [2.75, 3.05) is 13.1 Å². The molecule has 2 heterocycles. The zero-order chi connectivity index (χ0) is 35.2. The Labute approximate surface area is 287 Å². The van der Waals surface area contributed by atoms with Crippen LogP contribution in [0, 0.1) is 18.6 Å². The van der Waals surface area contributed by atoms with Gasteiger partial charge < -0.3 is 18.8 Å². The number of hydrogen-bond donors (Lipinski definition) is 0. The highest BCUT2D eigenvalue weighted by molar-refractivity contribution is 6.77. The number of halogens is 2. The predicted octanol–water partition coefficient (Wildman–Crippen LogP) is 10.8. The number of rotatable bonds is 8. The van der Waals surface area contributed by atoms with Crippen molar-refractivity contribution in [3.05, 3.63) is 94.0 Å². The van der Waals surface area contributed by atoms with Crippen LogP contribution in [0.5, 0.6) is 0 Å². The predicted molar refractivity (Wildman–Crippen MR) is 190 cm³/mol. The van der Waals surface area contributed by atoms with Gasteiger partial charge in [-0.3, -0.25) is 0 Å². The van der Waals surface area contributed by atoms with Gasteiger partial charge in [0.05, 0.1) is 13.2 Å². The van der Waals surface area contributed by atoms with Crippen LogP contribution in [0.1, 0.15) is 102 Å². The summed E-state index contributed by atoms with van der Waals surface area (Å²) >= 11 is 0. The number of benzene rings is 3. The van der Waals surface area contributed by atoms with Gasteiger partial charge >= 0.3 is 6.09 Å². The molecule has 0 aliphatic carbocycles. The van der Waals surface area contributed by atoms with E-state index < -0.39 is 37.2 Å². The molecule has 260 valence electrons. The fraction of sp³-hybridized carbons (Fsp3) is 0.525. The Balaban J connectivity index is 1.53. The van der Waals surface area contributed by atoms with Gasteiger partial charge in [0, 0.05) is 19.0 Å². The molecule has 2 atom stereocenters. The van der Waals surface area contributed by atoms with Crippen molar-refractivity contribution in [2.45, 2.75) is 123 Å². The SMILES string of the molecule is Cc1cc(-c2ccccc2CO[Si](C(C)C)(C(C)C)C(C)C)ccc1[C@H]1CN(C(=O)OC(C)(C)C)CC[C@@]12OCc1cc(F)c(F)cc12. The molecule has 0 N–H and O–H groups in total. The number of ether oxygens (including phenoxy) is 2. The molecule has 1 fully saturated rings. The van der Waals surface area contributed by atoms with Crippen molar-refractivity contribution < 1.29 is 27.5 Å². The third-order valence-corrected chi connectivity index (χ3v) is 16.7. The van der Waals surface area contributed by atoms with E-state index in [-0.39, 0.29) is 12.5 Å². The molecule has 48 heavy (non-hydrogen) atoms. The first-order chi connectivity index (χ1) is 22.5. The van der Waals surface area contributed by atoms with Crippen LogP contribution in [0.4, 0.5) is 13.6 Å². The summed E-state index contributed by atoms with van der Waals surface area (Å²) in [6, 6.07) is 17.4. The molecule has 1 saturated heterocycles. The molecule has 8 heteroatoms. The molecule has 3 aromatic rings. The molecule has 0 bridgehead atoms. The molecule has 0 radical (unpaired) electrons. The average molecular weight is 678 g/mol. The minimum Gasteiger partial charge on any atom is -0.444 e. The molecule has 0 unspecified atom stereocenters. The minimum atomic E-state index is -2.07. The lowest BCUT2D eigenvalue weighted by molar-refractivity contribution is -0.0956. The molecule has 3 aromatic carbocycles. The van der Waals surface area contributed by atoms with E-state index in [9.17, 15) is 13.6 Å². The summed E-state index contributed by atoms with van der Waals surface area (Å²) in [6.45, 7) is 22.9. The smallest absolute Gasteiger partial charge is 0.410 e. The highest BCUT2D eigenvalue weighted by Gasteiger charge is 2.52. The topological polar surface area (TPSA) is 48.0 Å². The third-order valence-electron chi connectivity index (χ3n) is 10.6. The number of carbonyl (C=O) groups excluding carboxylic acids is 1. The first kappa shape index (κ1) is 36.2. The zero-order valence-electron chi connectivity index (χ0n) is 30.4. The van der Waals surface area contributed by atoms with E-state index in [1.54, 1.807) is 4.90 Å².